The first-order valence-electron chi connectivity index (χ1n) is 11.1. The van der Waals surface area contributed by atoms with Crippen LogP contribution in [0.5, 0.6) is 0 Å². The zero-order chi connectivity index (χ0) is 24.4. The van der Waals surface area contributed by atoms with Crippen molar-refractivity contribution in [2.24, 2.45) is 0 Å². The Morgan fingerprint density at radius 3 is 2.38 bits per heavy atom. The topological polar surface area (TPSA) is 60.1 Å². The molecule has 0 atom stereocenters. The van der Waals surface area contributed by atoms with Gasteiger partial charge in [-0.2, -0.15) is 0 Å². The van der Waals surface area contributed by atoms with Crippen molar-refractivity contribution in [3.05, 3.63) is 74.0 Å². The van der Waals surface area contributed by atoms with Crippen LogP contribution in [0.1, 0.15) is 25.0 Å². The average molecular weight is 511 g/mol. The van der Waals surface area contributed by atoms with Gasteiger partial charge in [0.2, 0.25) is 5.91 Å². The number of hydrogen-bond acceptors (Lipinski definition) is 6. The van der Waals surface area contributed by atoms with Crippen molar-refractivity contribution >= 4 is 51.6 Å². The number of carbonyl (C=O) groups excluding carboxylic acids is 1. The predicted molar refractivity (Wildman–Crippen MR) is 144 cm³/mol. The lowest BCUT2D eigenvalue weighted by molar-refractivity contribution is -0.127. The number of para-hydroxylation sites is 1. The maximum atomic E-state index is 13.7. The molecule has 0 spiro atoms. The van der Waals surface area contributed by atoms with E-state index in [1.807, 2.05) is 67.8 Å². The maximum absolute atomic E-state index is 13.7. The quantitative estimate of drug-likeness (QED) is 0.185. The summed E-state index contributed by atoms with van der Waals surface area (Å²) >= 11 is 8.21. The van der Waals surface area contributed by atoms with Gasteiger partial charge in [0.05, 0.1) is 11.4 Å². The Morgan fingerprint density at radius 1 is 1.03 bits per heavy atom. The molecule has 0 saturated heterocycles. The van der Waals surface area contributed by atoms with Crippen LogP contribution in [0, 0.1) is 17.8 Å². The smallest absolute Gasteiger partial charge is 0.278 e. The van der Waals surface area contributed by atoms with E-state index in [9.17, 15) is 9.59 Å². The van der Waals surface area contributed by atoms with Gasteiger partial charge < -0.3 is 4.90 Å². The van der Waals surface area contributed by atoms with E-state index in [0.29, 0.717) is 38.2 Å². The van der Waals surface area contributed by atoms with Gasteiger partial charge in [-0.1, -0.05) is 47.4 Å². The Morgan fingerprint density at radius 2 is 1.74 bits per heavy atom. The first kappa shape index (κ1) is 24.4. The summed E-state index contributed by atoms with van der Waals surface area (Å²) in [6, 6.07) is 15.5. The monoisotopic (exact) mass is 510 g/mol. The van der Waals surface area contributed by atoms with Crippen LogP contribution in [0.3, 0.4) is 0 Å². The number of rotatable bonds is 7. The van der Waals surface area contributed by atoms with Gasteiger partial charge in [0, 0.05) is 18.8 Å². The Hall–Kier alpha value is -2.75. The highest BCUT2D eigenvalue weighted by Gasteiger charge is 2.20. The summed E-state index contributed by atoms with van der Waals surface area (Å²) in [7, 11) is 0. The molecule has 6 nitrogen and oxygen atoms in total. The Kier molecular flexibility index (Phi) is 7.35. The second-order valence-electron chi connectivity index (χ2n) is 7.85. The molecule has 34 heavy (non-hydrogen) atoms. The molecule has 0 N–H and O–H groups in total. The summed E-state index contributed by atoms with van der Waals surface area (Å²) in [6.45, 7) is 9.31. The number of hydrogen-bond donors (Lipinski definition) is 0. The van der Waals surface area contributed by atoms with Crippen LogP contribution in [0.2, 0.25) is 0 Å². The molecule has 0 aliphatic heterocycles. The third-order valence-electron chi connectivity index (χ3n) is 5.78. The minimum Gasteiger partial charge on any atom is -0.343 e. The van der Waals surface area contributed by atoms with E-state index in [1.165, 1.54) is 28.7 Å². The van der Waals surface area contributed by atoms with Crippen molar-refractivity contribution in [2.45, 2.75) is 32.9 Å². The number of benzene rings is 2. The number of nitrogens with zero attached hydrogens (tertiary/aromatic N) is 4. The van der Waals surface area contributed by atoms with Gasteiger partial charge >= 0.3 is 0 Å². The van der Waals surface area contributed by atoms with Crippen LogP contribution in [0.4, 0.5) is 0 Å². The average Bonchev–Trinajstić information content (AvgIpc) is 3.17. The molecular formula is C25H26N4O2S3. The highest BCUT2D eigenvalue weighted by atomic mass is 32.2. The first-order valence-corrected chi connectivity index (χ1v) is 13.3. The van der Waals surface area contributed by atoms with E-state index >= 15 is 0 Å². The molecule has 1 amide bonds. The lowest BCUT2D eigenvalue weighted by Gasteiger charge is -2.19. The fraction of sp³-hybridized carbons (Fsp3) is 0.280. The molecule has 2 aromatic carbocycles. The van der Waals surface area contributed by atoms with Gasteiger partial charge in [-0.15, -0.1) is 0 Å². The number of amides is 1. The molecule has 0 aliphatic carbocycles. The van der Waals surface area contributed by atoms with E-state index in [4.69, 9.17) is 17.2 Å². The molecular weight excluding hydrogens is 485 g/mol. The van der Waals surface area contributed by atoms with Crippen molar-refractivity contribution < 1.29 is 4.79 Å². The largest absolute Gasteiger partial charge is 0.343 e. The van der Waals surface area contributed by atoms with Crippen LogP contribution in [0.25, 0.3) is 21.7 Å². The molecule has 0 fully saturated rings. The number of carbonyl (C=O) groups is 1. The van der Waals surface area contributed by atoms with Gasteiger partial charge in [0.25, 0.3) is 5.56 Å². The van der Waals surface area contributed by atoms with Crippen LogP contribution < -0.4 is 5.56 Å². The Bertz CT molecular complexity index is 1470. The normalized spacial score (nSPS) is 11.2. The Balaban J connectivity index is 1.92. The molecule has 9 heteroatoms. The minimum atomic E-state index is -0.187. The molecule has 2 heterocycles. The molecule has 0 radical (unpaired) electrons. The molecule has 2 aromatic heterocycles. The number of aryl methyl sites for hydroxylation is 2. The molecule has 0 aliphatic rings. The summed E-state index contributed by atoms with van der Waals surface area (Å²) in [4.78, 5) is 33.1. The van der Waals surface area contributed by atoms with Crippen molar-refractivity contribution in [3.63, 3.8) is 0 Å². The third kappa shape index (κ3) is 4.60. The maximum Gasteiger partial charge on any atom is 0.278 e. The highest BCUT2D eigenvalue weighted by molar-refractivity contribution is 7.99. The van der Waals surface area contributed by atoms with E-state index in [2.05, 4.69) is 13.0 Å². The molecule has 0 saturated carbocycles. The van der Waals surface area contributed by atoms with E-state index < -0.39 is 0 Å². The van der Waals surface area contributed by atoms with Crippen LogP contribution >= 0.6 is 35.3 Å². The number of thioether (sulfide) groups is 1. The Labute approximate surface area is 211 Å². The van der Waals surface area contributed by atoms with E-state index in [0.717, 1.165) is 11.3 Å². The minimum absolute atomic E-state index is 0.0141. The van der Waals surface area contributed by atoms with Gasteiger partial charge in [0.15, 0.2) is 14.8 Å². The number of thiazole rings is 1. The highest BCUT2D eigenvalue weighted by Crippen LogP contribution is 2.28. The fourth-order valence-electron chi connectivity index (χ4n) is 3.72. The van der Waals surface area contributed by atoms with E-state index in [1.54, 1.807) is 9.47 Å². The number of fused-ring (bicyclic) bond motifs is 1. The zero-order valence-electron chi connectivity index (χ0n) is 19.6. The molecule has 176 valence electrons. The van der Waals surface area contributed by atoms with E-state index in [-0.39, 0.29) is 17.2 Å². The van der Waals surface area contributed by atoms with Gasteiger partial charge in [0.1, 0.15) is 4.70 Å². The SMILES string of the molecule is CCN(CC)C(=O)CSc1nc2c(sc(=S)n2-c2ccc(C)c(C)c2)c(=O)n1-c1ccccc1. The summed E-state index contributed by atoms with van der Waals surface area (Å²) in [5, 5.41) is 0.467. The summed E-state index contributed by atoms with van der Waals surface area (Å²) in [5.74, 6) is 0.210. The standard InChI is InChI=1S/C25H26N4O2S3/c1-5-27(6-2)20(30)15-33-24-26-22-21(23(31)29(24)18-10-8-7-9-11-18)34-25(32)28(22)19-13-12-16(3)17(4)14-19/h7-14H,5-6,15H2,1-4H3. The van der Waals surface area contributed by atoms with Crippen LogP contribution in [-0.4, -0.2) is 43.8 Å². The zero-order valence-corrected chi connectivity index (χ0v) is 22.0. The van der Waals surface area contributed by atoms with Crippen molar-refractivity contribution in [1.29, 1.82) is 0 Å². The second-order valence-corrected chi connectivity index (χ2v) is 10.4. The van der Waals surface area contributed by atoms with Gasteiger partial charge in [-0.3, -0.25) is 18.7 Å². The third-order valence-corrected chi connectivity index (χ3v) is 8.06. The van der Waals surface area contributed by atoms with Gasteiger partial charge in [-0.05, 0) is 75.3 Å². The molecule has 4 rings (SSSR count). The summed E-state index contributed by atoms with van der Waals surface area (Å²) < 4.78 is 4.49. The van der Waals surface area contributed by atoms with Crippen molar-refractivity contribution in [3.8, 4) is 11.4 Å². The van der Waals surface area contributed by atoms with Crippen LogP contribution in [-0.2, 0) is 4.79 Å². The lowest BCUT2D eigenvalue weighted by Crippen LogP contribution is -2.32. The fourth-order valence-corrected chi connectivity index (χ4v) is 5.93. The lowest BCUT2D eigenvalue weighted by atomic mass is 10.1. The second kappa shape index (κ2) is 10.2. The summed E-state index contributed by atoms with van der Waals surface area (Å²) in [5.41, 5.74) is 4.23. The predicted octanol–water partition coefficient (Wildman–Crippen LogP) is 5.54. The molecule has 4 aromatic rings. The van der Waals surface area contributed by atoms with Crippen molar-refractivity contribution in [2.75, 3.05) is 18.8 Å². The van der Waals surface area contributed by atoms with Gasteiger partial charge in [-0.25, -0.2) is 4.98 Å². The molecule has 0 bridgehead atoms. The number of aromatic nitrogens is 3. The van der Waals surface area contributed by atoms with Crippen molar-refractivity contribution in [1.82, 2.24) is 19.0 Å². The van der Waals surface area contributed by atoms with Crippen LogP contribution in [0.15, 0.2) is 58.5 Å². The first-order chi connectivity index (χ1) is 16.3. The molecule has 0 unspecified atom stereocenters. The summed E-state index contributed by atoms with van der Waals surface area (Å²) in [6.07, 6.45) is 0.